The van der Waals surface area contributed by atoms with Crippen LogP contribution in [0.5, 0.6) is 5.75 Å². The van der Waals surface area contributed by atoms with E-state index in [1.54, 1.807) is 0 Å². The number of amides is 1. The lowest BCUT2D eigenvalue weighted by Gasteiger charge is -2.39. The van der Waals surface area contributed by atoms with E-state index >= 15 is 0 Å². The largest absolute Gasteiger partial charge is 0.493 e. The molecule has 1 amide bonds. The number of hydrogen-bond acceptors (Lipinski definition) is 3. The summed E-state index contributed by atoms with van der Waals surface area (Å²) in [7, 11) is 0. The Morgan fingerprint density at radius 3 is 2.38 bits per heavy atom. The number of ether oxygens (including phenoxy) is 2. The molecular formula is C20H29NO3. The van der Waals surface area contributed by atoms with E-state index in [0.717, 1.165) is 38.0 Å². The highest BCUT2D eigenvalue weighted by Gasteiger charge is 2.44. The van der Waals surface area contributed by atoms with Crippen molar-refractivity contribution in [1.29, 1.82) is 0 Å². The molecule has 0 aromatic heterocycles. The van der Waals surface area contributed by atoms with Crippen LogP contribution < -0.4 is 4.74 Å². The van der Waals surface area contributed by atoms with E-state index < -0.39 is 5.60 Å². The van der Waals surface area contributed by atoms with Gasteiger partial charge in [-0.25, -0.2) is 4.79 Å². The summed E-state index contributed by atoms with van der Waals surface area (Å²) >= 11 is 0. The summed E-state index contributed by atoms with van der Waals surface area (Å²) in [5, 5.41) is 0. The lowest BCUT2D eigenvalue weighted by Crippen LogP contribution is -2.49. The van der Waals surface area contributed by atoms with Gasteiger partial charge in [0.25, 0.3) is 0 Å². The molecule has 0 N–H and O–H groups in total. The third-order valence-electron chi connectivity index (χ3n) is 5.00. The van der Waals surface area contributed by atoms with Crippen LogP contribution in [0, 0.1) is 12.8 Å². The Labute approximate surface area is 145 Å². The molecule has 0 radical (unpaired) electrons. The van der Waals surface area contributed by atoms with Crippen molar-refractivity contribution in [3.63, 3.8) is 0 Å². The Bertz CT molecular complexity index is 579. The standard InChI is InChI=1S/C20H29NO3/c1-14-7-5-6-8-18(14)23-13-15-11-16-9-10-17(12-15)21(16)19(22)24-20(2,3)4/h5-8,15-17H,9-13H2,1-4H3/t15-,16+,17-. The van der Waals surface area contributed by atoms with E-state index in [-0.39, 0.29) is 6.09 Å². The number of para-hydroxylation sites is 1. The molecule has 2 aliphatic rings. The summed E-state index contributed by atoms with van der Waals surface area (Å²) in [4.78, 5) is 14.5. The normalized spacial score (nSPS) is 26.3. The molecule has 132 valence electrons. The quantitative estimate of drug-likeness (QED) is 0.815. The summed E-state index contributed by atoms with van der Waals surface area (Å²) in [6.45, 7) is 8.59. The maximum Gasteiger partial charge on any atom is 0.410 e. The number of carbonyl (C=O) groups is 1. The minimum absolute atomic E-state index is 0.145. The van der Waals surface area contributed by atoms with E-state index in [1.807, 2.05) is 43.9 Å². The van der Waals surface area contributed by atoms with Gasteiger partial charge in [0.2, 0.25) is 0 Å². The molecule has 4 heteroatoms. The lowest BCUT2D eigenvalue weighted by atomic mass is 9.91. The van der Waals surface area contributed by atoms with Crippen molar-refractivity contribution < 1.29 is 14.3 Å². The molecule has 0 saturated carbocycles. The number of benzene rings is 1. The number of aryl methyl sites for hydroxylation is 1. The van der Waals surface area contributed by atoms with E-state index in [2.05, 4.69) is 13.0 Å². The Morgan fingerprint density at radius 2 is 1.79 bits per heavy atom. The van der Waals surface area contributed by atoms with Crippen LogP contribution in [0.15, 0.2) is 24.3 Å². The lowest BCUT2D eigenvalue weighted by molar-refractivity contribution is -0.000972. The average Bonchev–Trinajstić information content (AvgIpc) is 2.76. The summed E-state index contributed by atoms with van der Waals surface area (Å²) < 4.78 is 11.6. The molecule has 0 unspecified atom stereocenters. The number of hydrogen-bond donors (Lipinski definition) is 0. The SMILES string of the molecule is Cc1ccccc1OC[C@H]1C[C@H]2CC[C@@H](C1)N2C(=O)OC(C)(C)C. The van der Waals surface area contributed by atoms with Gasteiger partial charge >= 0.3 is 6.09 Å². The number of fused-ring (bicyclic) bond motifs is 2. The first kappa shape index (κ1) is 17.1. The highest BCUT2D eigenvalue weighted by Crippen LogP contribution is 2.39. The molecule has 0 spiro atoms. The minimum atomic E-state index is -0.429. The van der Waals surface area contributed by atoms with Gasteiger partial charge in [0.1, 0.15) is 11.4 Å². The Morgan fingerprint density at radius 1 is 1.17 bits per heavy atom. The molecule has 3 atom stereocenters. The molecule has 2 aliphatic heterocycles. The zero-order valence-electron chi connectivity index (χ0n) is 15.2. The first-order chi connectivity index (χ1) is 11.3. The highest BCUT2D eigenvalue weighted by molar-refractivity contribution is 5.69. The monoisotopic (exact) mass is 331 g/mol. The first-order valence-electron chi connectivity index (χ1n) is 9.03. The molecule has 2 bridgehead atoms. The molecule has 2 heterocycles. The summed E-state index contributed by atoms with van der Waals surface area (Å²) in [5.74, 6) is 1.49. The third-order valence-corrected chi connectivity index (χ3v) is 5.00. The molecule has 0 aliphatic carbocycles. The van der Waals surface area contributed by atoms with Gasteiger partial charge in [0.15, 0.2) is 0 Å². The summed E-state index contributed by atoms with van der Waals surface area (Å²) in [5.41, 5.74) is 0.744. The molecule has 1 aromatic carbocycles. The van der Waals surface area contributed by atoms with Gasteiger partial charge in [0, 0.05) is 12.1 Å². The van der Waals surface area contributed by atoms with Crippen LogP contribution in [-0.4, -0.2) is 35.3 Å². The van der Waals surface area contributed by atoms with Crippen molar-refractivity contribution in [1.82, 2.24) is 4.90 Å². The predicted molar refractivity (Wildman–Crippen MR) is 94.3 cm³/mol. The first-order valence-corrected chi connectivity index (χ1v) is 9.03. The fourth-order valence-corrected chi connectivity index (χ4v) is 3.96. The number of rotatable bonds is 3. The maximum absolute atomic E-state index is 12.5. The molecule has 4 nitrogen and oxygen atoms in total. The van der Waals surface area contributed by atoms with Gasteiger partial charge in [-0.15, -0.1) is 0 Å². The molecule has 2 fully saturated rings. The van der Waals surface area contributed by atoms with Crippen LogP contribution >= 0.6 is 0 Å². The Kier molecular flexibility index (Phi) is 4.75. The van der Waals surface area contributed by atoms with E-state index in [4.69, 9.17) is 9.47 Å². The van der Waals surface area contributed by atoms with Crippen LogP contribution in [0.2, 0.25) is 0 Å². The van der Waals surface area contributed by atoms with E-state index in [0.29, 0.717) is 18.0 Å². The molecule has 2 saturated heterocycles. The topological polar surface area (TPSA) is 38.8 Å². The number of piperidine rings is 1. The van der Waals surface area contributed by atoms with E-state index in [1.165, 1.54) is 5.56 Å². The second-order valence-electron chi connectivity index (χ2n) is 8.19. The van der Waals surface area contributed by atoms with Crippen LogP contribution in [0.4, 0.5) is 4.79 Å². The fourth-order valence-electron chi connectivity index (χ4n) is 3.96. The maximum atomic E-state index is 12.5. The van der Waals surface area contributed by atoms with Crippen molar-refractivity contribution in [2.75, 3.05) is 6.61 Å². The van der Waals surface area contributed by atoms with Crippen LogP contribution in [0.25, 0.3) is 0 Å². The number of carbonyl (C=O) groups excluding carboxylic acids is 1. The van der Waals surface area contributed by atoms with Crippen molar-refractivity contribution >= 4 is 6.09 Å². The number of nitrogens with zero attached hydrogens (tertiary/aromatic N) is 1. The second kappa shape index (κ2) is 6.66. The third kappa shape index (κ3) is 3.85. The van der Waals surface area contributed by atoms with E-state index in [9.17, 15) is 4.79 Å². The smallest absolute Gasteiger partial charge is 0.410 e. The van der Waals surface area contributed by atoms with Crippen LogP contribution in [-0.2, 0) is 4.74 Å². The molecule has 1 aromatic rings. The molecule has 24 heavy (non-hydrogen) atoms. The zero-order valence-corrected chi connectivity index (χ0v) is 15.2. The second-order valence-corrected chi connectivity index (χ2v) is 8.19. The van der Waals surface area contributed by atoms with Crippen molar-refractivity contribution in [3.8, 4) is 5.75 Å². The van der Waals surface area contributed by atoms with Gasteiger partial charge < -0.3 is 14.4 Å². The van der Waals surface area contributed by atoms with Crippen LogP contribution in [0.1, 0.15) is 52.0 Å². The van der Waals surface area contributed by atoms with Gasteiger partial charge in [-0.1, -0.05) is 18.2 Å². The molecular weight excluding hydrogens is 302 g/mol. The van der Waals surface area contributed by atoms with Crippen molar-refractivity contribution in [2.24, 2.45) is 5.92 Å². The van der Waals surface area contributed by atoms with Gasteiger partial charge in [-0.2, -0.15) is 0 Å². The predicted octanol–water partition coefficient (Wildman–Crippen LogP) is 4.55. The summed E-state index contributed by atoms with van der Waals surface area (Å²) in [6.07, 6.45) is 4.06. The molecule has 3 rings (SSSR count). The van der Waals surface area contributed by atoms with Crippen molar-refractivity contribution in [3.05, 3.63) is 29.8 Å². The zero-order chi connectivity index (χ0) is 17.3. The van der Waals surface area contributed by atoms with Gasteiger partial charge in [-0.05, 0) is 70.9 Å². The Balaban J connectivity index is 1.57. The fraction of sp³-hybridized carbons (Fsp3) is 0.650. The van der Waals surface area contributed by atoms with Gasteiger partial charge in [-0.3, -0.25) is 0 Å². The van der Waals surface area contributed by atoms with Gasteiger partial charge in [0.05, 0.1) is 6.61 Å². The van der Waals surface area contributed by atoms with Crippen molar-refractivity contribution in [2.45, 2.75) is 71.1 Å². The Hall–Kier alpha value is -1.71. The van der Waals surface area contributed by atoms with Crippen LogP contribution in [0.3, 0.4) is 0 Å². The minimum Gasteiger partial charge on any atom is -0.493 e. The summed E-state index contributed by atoms with van der Waals surface area (Å²) in [6, 6.07) is 8.76. The highest BCUT2D eigenvalue weighted by atomic mass is 16.6. The average molecular weight is 331 g/mol.